The molecule has 2 fully saturated rings. The van der Waals surface area contributed by atoms with Crippen molar-refractivity contribution in [2.45, 2.75) is 38.8 Å². The summed E-state index contributed by atoms with van der Waals surface area (Å²) < 4.78 is 5.87. The number of hydrogen-bond donors (Lipinski definition) is 2. The lowest BCUT2D eigenvalue weighted by Gasteiger charge is -2.54. The van der Waals surface area contributed by atoms with Crippen molar-refractivity contribution < 1.29 is 9.53 Å². The maximum absolute atomic E-state index is 12.1. The molecule has 1 aliphatic heterocycles. The molecular weight excluding hydrogens is 340 g/mol. The van der Waals surface area contributed by atoms with Gasteiger partial charge in [-0.3, -0.25) is 9.79 Å². The summed E-state index contributed by atoms with van der Waals surface area (Å²) in [6.07, 6.45) is 2.32. The number of ether oxygens (including phenoxy) is 1. The zero-order chi connectivity index (χ0) is 19.6. The molecule has 6 nitrogen and oxygen atoms in total. The first-order valence-electron chi connectivity index (χ1n) is 9.74. The molecule has 1 aromatic rings. The normalized spacial score (nSPS) is 26.1. The van der Waals surface area contributed by atoms with E-state index < -0.39 is 0 Å². The minimum Gasteiger partial charge on any atom is -0.377 e. The smallest absolute Gasteiger partial charge is 0.253 e. The highest BCUT2D eigenvalue weighted by Crippen LogP contribution is 2.52. The Morgan fingerprint density at radius 2 is 2.15 bits per heavy atom. The van der Waals surface area contributed by atoms with Crippen molar-refractivity contribution in [1.82, 2.24) is 15.5 Å². The van der Waals surface area contributed by atoms with Crippen molar-refractivity contribution in [2.24, 2.45) is 16.3 Å². The van der Waals surface area contributed by atoms with E-state index in [9.17, 15) is 4.79 Å². The van der Waals surface area contributed by atoms with Crippen molar-refractivity contribution in [3.8, 4) is 0 Å². The molecule has 27 heavy (non-hydrogen) atoms. The highest BCUT2D eigenvalue weighted by atomic mass is 16.5. The van der Waals surface area contributed by atoms with Gasteiger partial charge >= 0.3 is 0 Å². The largest absolute Gasteiger partial charge is 0.377 e. The Morgan fingerprint density at radius 1 is 1.37 bits per heavy atom. The number of benzene rings is 1. The zero-order valence-corrected chi connectivity index (χ0v) is 17.1. The lowest BCUT2D eigenvalue weighted by molar-refractivity contribution is -0.106. The average Bonchev–Trinajstić information content (AvgIpc) is 3.11. The molecule has 1 aliphatic carbocycles. The Hall–Kier alpha value is -2.08. The van der Waals surface area contributed by atoms with Crippen LogP contribution in [0.2, 0.25) is 0 Å². The van der Waals surface area contributed by atoms with Crippen LogP contribution in [0.1, 0.15) is 36.2 Å². The molecule has 0 radical (unpaired) electrons. The van der Waals surface area contributed by atoms with Crippen molar-refractivity contribution in [3.05, 3.63) is 35.4 Å². The van der Waals surface area contributed by atoms with Gasteiger partial charge in [-0.1, -0.05) is 26.0 Å². The van der Waals surface area contributed by atoms with E-state index in [1.54, 1.807) is 26.0 Å². The second kappa shape index (κ2) is 7.89. The van der Waals surface area contributed by atoms with Crippen molar-refractivity contribution in [2.75, 3.05) is 34.3 Å². The Labute approximate surface area is 162 Å². The first-order chi connectivity index (χ1) is 12.8. The molecule has 1 saturated heterocycles. The van der Waals surface area contributed by atoms with E-state index in [0.717, 1.165) is 43.1 Å². The minimum absolute atomic E-state index is 0.0304. The van der Waals surface area contributed by atoms with Gasteiger partial charge in [-0.25, -0.2) is 0 Å². The zero-order valence-electron chi connectivity index (χ0n) is 17.1. The van der Waals surface area contributed by atoms with Crippen molar-refractivity contribution in [1.29, 1.82) is 0 Å². The molecule has 3 atom stereocenters. The molecule has 0 aromatic heterocycles. The fourth-order valence-corrected chi connectivity index (χ4v) is 4.40. The number of fused-ring (bicyclic) bond motifs is 1. The molecule has 1 heterocycles. The van der Waals surface area contributed by atoms with Crippen molar-refractivity contribution >= 4 is 11.9 Å². The van der Waals surface area contributed by atoms with Crippen molar-refractivity contribution in [3.63, 3.8) is 0 Å². The van der Waals surface area contributed by atoms with Gasteiger partial charge in [-0.2, -0.15) is 0 Å². The van der Waals surface area contributed by atoms with E-state index in [4.69, 9.17) is 4.74 Å². The van der Waals surface area contributed by atoms with Gasteiger partial charge in [-0.05, 0) is 30.5 Å². The van der Waals surface area contributed by atoms with Crippen LogP contribution in [0, 0.1) is 11.3 Å². The quantitative estimate of drug-likeness (QED) is 0.612. The number of aliphatic imine (C=N–C) groups is 1. The second-order valence-corrected chi connectivity index (χ2v) is 8.34. The summed E-state index contributed by atoms with van der Waals surface area (Å²) in [5, 5.41) is 7.00. The molecule has 2 aliphatic rings. The number of guanidine groups is 1. The van der Waals surface area contributed by atoms with Gasteiger partial charge in [0, 0.05) is 57.2 Å². The lowest BCUT2D eigenvalue weighted by Crippen LogP contribution is -2.68. The molecule has 1 aromatic carbocycles. The highest BCUT2D eigenvalue weighted by molar-refractivity contribution is 5.94. The standard InChI is InChI=1S/C21H32N4O2/c1-21(2)17(16-10-12-27-18(16)21)24-20(22-3)23-11-9-14-7-6-8-15(13-14)19(26)25(4)5/h6-8,13,16-18H,9-12H2,1-5H3,(H2,22,23,24). The van der Waals surface area contributed by atoms with Gasteiger partial charge in [0.1, 0.15) is 0 Å². The average molecular weight is 373 g/mol. The first-order valence-corrected chi connectivity index (χ1v) is 9.74. The van der Waals surface area contributed by atoms with Gasteiger partial charge in [0.15, 0.2) is 5.96 Å². The molecule has 0 bridgehead atoms. The van der Waals surface area contributed by atoms with Crippen LogP contribution in [0.5, 0.6) is 0 Å². The Kier molecular flexibility index (Phi) is 5.75. The van der Waals surface area contributed by atoms with Crippen LogP contribution < -0.4 is 10.6 Å². The Balaban J connectivity index is 1.52. The summed E-state index contributed by atoms with van der Waals surface area (Å²) in [4.78, 5) is 18.1. The predicted octanol–water partition coefficient (Wildman–Crippen LogP) is 1.91. The van der Waals surface area contributed by atoms with Crippen LogP contribution in [0.15, 0.2) is 29.3 Å². The third kappa shape index (κ3) is 3.95. The lowest BCUT2D eigenvalue weighted by atomic mass is 9.57. The monoisotopic (exact) mass is 372 g/mol. The summed E-state index contributed by atoms with van der Waals surface area (Å²) in [6.45, 7) is 6.15. The van der Waals surface area contributed by atoms with Crippen LogP contribution in [0.4, 0.5) is 0 Å². The summed E-state index contributed by atoms with van der Waals surface area (Å²) >= 11 is 0. The first kappa shape index (κ1) is 19.7. The highest BCUT2D eigenvalue weighted by Gasteiger charge is 2.59. The van der Waals surface area contributed by atoms with Gasteiger partial charge in [0.05, 0.1) is 6.10 Å². The van der Waals surface area contributed by atoms with E-state index in [1.165, 1.54) is 0 Å². The number of carbonyl (C=O) groups excluding carboxylic acids is 1. The summed E-state index contributed by atoms with van der Waals surface area (Å²) in [6, 6.07) is 8.21. The third-order valence-electron chi connectivity index (χ3n) is 5.90. The van der Waals surface area contributed by atoms with Gasteiger partial charge in [-0.15, -0.1) is 0 Å². The number of nitrogens with zero attached hydrogens (tertiary/aromatic N) is 2. The topological polar surface area (TPSA) is 66.0 Å². The van der Waals surface area contributed by atoms with E-state index in [-0.39, 0.29) is 11.3 Å². The number of rotatable bonds is 5. The molecule has 1 amide bonds. The molecular formula is C21H32N4O2. The molecule has 148 valence electrons. The van der Waals surface area contributed by atoms with Crippen LogP contribution >= 0.6 is 0 Å². The fraction of sp³-hybridized carbons (Fsp3) is 0.619. The number of nitrogens with one attached hydrogen (secondary N) is 2. The van der Waals surface area contributed by atoms with E-state index >= 15 is 0 Å². The number of hydrogen-bond acceptors (Lipinski definition) is 3. The summed E-state index contributed by atoms with van der Waals surface area (Å²) in [5.41, 5.74) is 1.99. The van der Waals surface area contributed by atoms with Gasteiger partial charge < -0.3 is 20.3 Å². The van der Waals surface area contributed by atoms with Crippen LogP contribution in [-0.2, 0) is 11.2 Å². The van der Waals surface area contributed by atoms with Gasteiger partial charge in [0.2, 0.25) is 0 Å². The molecule has 6 heteroatoms. The molecule has 0 spiro atoms. The Bertz CT molecular complexity index is 714. The van der Waals surface area contributed by atoms with E-state index in [2.05, 4.69) is 35.5 Å². The Morgan fingerprint density at radius 3 is 2.85 bits per heavy atom. The molecule has 2 N–H and O–H groups in total. The third-order valence-corrected chi connectivity index (χ3v) is 5.90. The molecule has 3 rings (SSSR count). The van der Waals surface area contributed by atoms with E-state index in [0.29, 0.717) is 18.1 Å². The maximum atomic E-state index is 12.1. The predicted molar refractivity (Wildman–Crippen MR) is 108 cm³/mol. The second-order valence-electron chi connectivity index (χ2n) is 8.34. The number of carbonyl (C=O) groups is 1. The van der Waals surface area contributed by atoms with Gasteiger partial charge in [0.25, 0.3) is 5.91 Å². The molecule has 3 unspecified atom stereocenters. The summed E-state index contributed by atoms with van der Waals surface area (Å²) in [5.74, 6) is 1.44. The minimum atomic E-state index is 0.0304. The maximum Gasteiger partial charge on any atom is 0.253 e. The fourth-order valence-electron chi connectivity index (χ4n) is 4.40. The van der Waals surface area contributed by atoms with Crippen LogP contribution in [-0.4, -0.2) is 63.2 Å². The van der Waals surface area contributed by atoms with E-state index in [1.807, 2.05) is 18.2 Å². The summed E-state index contributed by atoms with van der Waals surface area (Å²) in [7, 11) is 5.35. The number of amides is 1. The molecule has 1 saturated carbocycles. The SMILES string of the molecule is CN=C(NCCc1cccc(C(=O)N(C)C)c1)NC1C2CCOC2C1(C)C. The van der Waals surface area contributed by atoms with Crippen LogP contribution in [0.3, 0.4) is 0 Å². The van der Waals surface area contributed by atoms with Crippen LogP contribution in [0.25, 0.3) is 0 Å².